The van der Waals surface area contributed by atoms with Crippen LogP contribution in [-0.4, -0.2) is 40.2 Å². The highest BCUT2D eigenvalue weighted by Gasteiger charge is 2.17. The van der Waals surface area contributed by atoms with Crippen molar-refractivity contribution in [3.8, 4) is 0 Å². The lowest BCUT2D eigenvalue weighted by atomic mass is 10.0. The van der Waals surface area contributed by atoms with Gasteiger partial charge in [0.2, 0.25) is 5.91 Å². The number of rotatable bonds is 6. The first-order valence-electron chi connectivity index (χ1n) is 7.22. The normalized spacial score (nSPS) is 11.6. The standard InChI is InChI=1S/C15H28N4O.2ClH/c1-10(2)14(16)7-8-18(5)15(20)9-13-11(3)17-19(6)12(13)4;;/h10,14H,7-9,16H2,1-6H3;2*1H. The molecule has 7 heteroatoms. The molecular formula is C15H30Cl2N4O. The second kappa shape index (κ2) is 10.1. The topological polar surface area (TPSA) is 64.2 Å². The number of amides is 1. The highest BCUT2D eigenvalue weighted by atomic mass is 35.5. The Morgan fingerprint density at radius 3 is 2.27 bits per heavy atom. The van der Waals surface area contributed by atoms with Crippen molar-refractivity contribution in [2.45, 2.75) is 46.6 Å². The largest absolute Gasteiger partial charge is 0.345 e. The lowest BCUT2D eigenvalue weighted by Crippen LogP contribution is -2.35. The molecule has 22 heavy (non-hydrogen) atoms. The van der Waals surface area contributed by atoms with Crippen molar-refractivity contribution >= 4 is 30.7 Å². The van der Waals surface area contributed by atoms with E-state index in [1.165, 1.54) is 0 Å². The first-order chi connectivity index (χ1) is 9.23. The summed E-state index contributed by atoms with van der Waals surface area (Å²) in [7, 11) is 3.75. The summed E-state index contributed by atoms with van der Waals surface area (Å²) in [6.45, 7) is 8.86. The van der Waals surface area contributed by atoms with Gasteiger partial charge in [0, 0.05) is 37.9 Å². The number of carbonyl (C=O) groups excluding carboxylic acids is 1. The number of nitrogens with zero attached hydrogens (tertiary/aromatic N) is 3. The van der Waals surface area contributed by atoms with E-state index < -0.39 is 0 Å². The van der Waals surface area contributed by atoms with Gasteiger partial charge >= 0.3 is 0 Å². The molecule has 0 bridgehead atoms. The Bertz CT molecular complexity index is 474. The van der Waals surface area contributed by atoms with E-state index in [1.807, 2.05) is 32.6 Å². The summed E-state index contributed by atoms with van der Waals surface area (Å²) in [6, 6.07) is 0.145. The number of likely N-dealkylation sites (N-methyl/N-ethyl adjacent to an activating group) is 1. The van der Waals surface area contributed by atoms with Gasteiger partial charge in [0.25, 0.3) is 0 Å². The van der Waals surface area contributed by atoms with Gasteiger partial charge in [0.1, 0.15) is 0 Å². The van der Waals surface area contributed by atoms with Gasteiger partial charge in [-0.1, -0.05) is 13.8 Å². The molecule has 0 saturated heterocycles. The van der Waals surface area contributed by atoms with E-state index in [-0.39, 0.29) is 36.8 Å². The molecule has 0 aromatic carbocycles. The third kappa shape index (κ3) is 6.15. The maximum atomic E-state index is 12.3. The minimum atomic E-state index is 0. The number of hydrogen-bond acceptors (Lipinski definition) is 3. The van der Waals surface area contributed by atoms with Crippen LogP contribution in [0.3, 0.4) is 0 Å². The summed E-state index contributed by atoms with van der Waals surface area (Å²) < 4.78 is 1.83. The Hall–Kier alpha value is -0.780. The van der Waals surface area contributed by atoms with Gasteiger partial charge in [-0.3, -0.25) is 9.48 Å². The summed E-state index contributed by atoms with van der Waals surface area (Å²) in [5, 5.41) is 4.35. The second-order valence-corrected chi connectivity index (χ2v) is 5.96. The molecule has 1 aromatic heterocycles. The van der Waals surface area contributed by atoms with E-state index in [9.17, 15) is 4.79 Å². The maximum absolute atomic E-state index is 12.3. The number of nitrogens with two attached hydrogens (primary N) is 1. The zero-order chi connectivity index (χ0) is 15.4. The van der Waals surface area contributed by atoms with E-state index >= 15 is 0 Å². The molecule has 1 aromatic rings. The van der Waals surface area contributed by atoms with E-state index in [4.69, 9.17) is 5.73 Å². The third-order valence-corrected chi connectivity index (χ3v) is 4.07. The lowest BCUT2D eigenvalue weighted by molar-refractivity contribution is -0.129. The maximum Gasteiger partial charge on any atom is 0.226 e. The van der Waals surface area contributed by atoms with Gasteiger partial charge in [-0.2, -0.15) is 5.10 Å². The van der Waals surface area contributed by atoms with Gasteiger partial charge in [0.15, 0.2) is 0 Å². The van der Waals surface area contributed by atoms with Crippen molar-refractivity contribution in [3.05, 3.63) is 17.0 Å². The molecule has 0 aliphatic rings. The number of hydrogen-bond donors (Lipinski definition) is 1. The van der Waals surface area contributed by atoms with Crippen molar-refractivity contribution < 1.29 is 4.79 Å². The number of aryl methyl sites for hydroxylation is 2. The predicted molar refractivity (Wildman–Crippen MR) is 95.9 cm³/mol. The second-order valence-electron chi connectivity index (χ2n) is 5.96. The number of halogens is 2. The molecule has 0 radical (unpaired) electrons. The SMILES string of the molecule is Cc1nn(C)c(C)c1CC(=O)N(C)CCC(N)C(C)C.Cl.Cl. The van der Waals surface area contributed by atoms with Crippen LogP contribution in [-0.2, 0) is 18.3 Å². The van der Waals surface area contributed by atoms with Crippen molar-refractivity contribution in [2.24, 2.45) is 18.7 Å². The van der Waals surface area contributed by atoms with Crippen LogP contribution in [0, 0.1) is 19.8 Å². The highest BCUT2D eigenvalue weighted by Crippen LogP contribution is 2.14. The van der Waals surface area contributed by atoms with Crippen molar-refractivity contribution in [1.82, 2.24) is 14.7 Å². The molecular weight excluding hydrogens is 323 g/mol. The monoisotopic (exact) mass is 352 g/mol. The summed E-state index contributed by atoms with van der Waals surface area (Å²) in [6.07, 6.45) is 1.25. The average molecular weight is 353 g/mol. The molecule has 2 N–H and O–H groups in total. The molecule has 5 nitrogen and oxygen atoms in total. The summed E-state index contributed by atoms with van der Waals surface area (Å²) in [5.41, 5.74) is 9.05. The molecule has 0 fully saturated rings. The van der Waals surface area contributed by atoms with E-state index in [2.05, 4.69) is 18.9 Å². The minimum absolute atomic E-state index is 0. The van der Waals surface area contributed by atoms with E-state index in [1.54, 1.807) is 4.90 Å². The van der Waals surface area contributed by atoms with Crippen LogP contribution in [0.2, 0.25) is 0 Å². The van der Waals surface area contributed by atoms with Crippen LogP contribution >= 0.6 is 24.8 Å². The fraction of sp³-hybridized carbons (Fsp3) is 0.733. The van der Waals surface area contributed by atoms with Crippen LogP contribution in [0.25, 0.3) is 0 Å². The van der Waals surface area contributed by atoms with Gasteiger partial charge in [-0.25, -0.2) is 0 Å². The zero-order valence-electron chi connectivity index (χ0n) is 14.4. The van der Waals surface area contributed by atoms with Gasteiger partial charge in [-0.05, 0) is 26.2 Å². The Kier molecular flexibility index (Phi) is 10.8. The molecule has 1 unspecified atom stereocenters. The Labute approximate surface area is 146 Å². The number of aromatic nitrogens is 2. The van der Waals surface area contributed by atoms with Gasteiger partial charge in [-0.15, -0.1) is 24.8 Å². The quantitative estimate of drug-likeness (QED) is 0.853. The fourth-order valence-electron chi connectivity index (χ4n) is 2.16. The number of carbonyl (C=O) groups is 1. The van der Waals surface area contributed by atoms with Crippen LogP contribution in [0.15, 0.2) is 0 Å². The van der Waals surface area contributed by atoms with Crippen molar-refractivity contribution in [2.75, 3.05) is 13.6 Å². The van der Waals surface area contributed by atoms with Gasteiger partial charge in [0.05, 0.1) is 12.1 Å². The molecule has 0 aliphatic heterocycles. The van der Waals surface area contributed by atoms with E-state index in [0.717, 1.165) is 23.4 Å². The van der Waals surface area contributed by atoms with Crippen LogP contribution < -0.4 is 5.73 Å². The molecule has 0 saturated carbocycles. The van der Waals surface area contributed by atoms with Crippen molar-refractivity contribution in [1.29, 1.82) is 0 Å². The van der Waals surface area contributed by atoms with Gasteiger partial charge < -0.3 is 10.6 Å². The first-order valence-corrected chi connectivity index (χ1v) is 7.22. The molecule has 1 rings (SSSR count). The Morgan fingerprint density at radius 1 is 1.32 bits per heavy atom. The Morgan fingerprint density at radius 2 is 1.86 bits per heavy atom. The average Bonchev–Trinajstić information content (AvgIpc) is 2.61. The molecule has 0 spiro atoms. The smallest absolute Gasteiger partial charge is 0.226 e. The molecule has 0 aliphatic carbocycles. The summed E-state index contributed by atoms with van der Waals surface area (Å²) in [5.74, 6) is 0.571. The molecule has 1 heterocycles. The lowest BCUT2D eigenvalue weighted by Gasteiger charge is -2.21. The van der Waals surface area contributed by atoms with Crippen molar-refractivity contribution in [3.63, 3.8) is 0 Å². The minimum Gasteiger partial charge on any atom is -0.345 e. The highest BCUT2D eigenvalue weighted by molar-refractivity contribution is 5.85. The first kappa shape index (κ1) is 23.5. The zero-order valence-corrected chi connectivity index (χ0v) is 16.1. The third-order valence-electron chi connectivity index (χ3n) is 4.07. The molecule has 1 atom stereocenters. The van der Waals surface area contributed by atoms with E-state index in [0.29, 0.717) is 18.9 Å². The summed E-state index contributed by atoms with van der Waals surface area (Å²) >= 11 is 0. The predicted octanol–water partition coefficient (Wildman–Crippen LogP) is 2.25. The Balaban J connectivity index is 0. The fourth-order valence-corrected chi connectivity index (χ4v) is 2.16. The molecule has 1 amide bonds. The van der Waals surface area contributed by atoms with Crippen LogP contribution in [0.5, 0.6) is 0 Å². The molecule has 130 valence electrons. The summed E-state index contributed by atoms with van der Waals surface area (Å²) in [4.78, 5) is 14.0. The van der Waals surface area contributed by atoms with Crippen LogP contribution in [0.1, 0.15) is 37.2 Å². The van der Waals surface area contributed by atoms with Crippen LogP contribution in [0.4, 0.5) is 0 Å².